The largest absolute Gasteiger partial charge is 0.383 e. The van der Waals surface area contributed by atoms with Crippen molar-refractivity contribution in [1.82, 2.24) is 9.97 Å². The van der Waals surface area contributed by atoms with Gasteiger partial charge in [-0.2, -0.15) is 0 Å². The van der Waals surface area contributed by atoms with E-state index in [0.717, 1.165) is 26.6 Å². The van der Waals surface area contributed by atoms with Crippen LogP contribution in [0.3, 0.4) is 0 Å². The van der Waals surface area contributed by atoms with Crippen LogP contribution < -0.4 is 5.73 Å². The molecule has 0 aliphatic rings. The Hall–Kier alpha value is -1.94. The van der Waals surface area contributed by atoms with Crippen LogP contribution in [0.4, 0.5) is 5.82 Å². The standard InChI is InChI=1S/C14H10BrN3/c15-10-5-3-9(4-6-10)12-8-13-11(14(16)18-12)2-1-7-17-13/h1-8H,(H2,16,18). The molecule has 2 aromatic heterocycles. The molecule has 3 aromatic rings. The maximum absolute atomic E-state index is 5.96. The number of halogens is 1. The van der Waals surface area contributed by atoms with Crippen LogP contribution in [-0.4, -0.2) is 9.97 Å². The van der Waals surface area contributed by atoms with E-state index in [1.165, 1.54) is 0 Å². The highest BCUT2D eigenvalue weighted by atomic mass is 79.9. The fourth-order valence-corrected chi connectivity index (χ4v) is 2.13. The summed E-state index contributed by atoms with van der Waals surface area (Å²) in [5.74, 6) is 0.513. The lowest BCUT2D eigenvalue weighted by Crippen LogP contribution is -1.95. The molecule has 88 valence electrons. The van der Waals surface area contributed by atoms with Gasteiger partial charge >= 0.3 is 0 Å². The second-order valence-corrected chi connectivity index (χ2v) is 4.89. The number of nitrogen functional groups attached to an aromatic ring is 1. The first-order chi connectivity index (χ1) is 8.74. The van der Waals surface area contributed by atoms with Gasteiger partial charge in [-0.15, -0.1) is 0 Å². The second-order valence-electron chi connectivity index (χ2n) is 3.97. The van der Waals surface area contributed by atoms with Gasteiger partial charge in [0.1, 0.15) is 5.82 Å². The molecule has 0 radical (unpaired) electrons. The van der Waals surface area contributed by atoms with E-state index in [1.54, 1.807) is 6.20 Å². The van der Waals surface area contributed by atoms with Crippen molar-refractivity contribution in [2.45, 2.75) is 0 Å². The van der Waals surface area contributed by atoms with Crippen molar-refractivity contribution in [1.29, 1.82) is 0 Å². The summed E-state index contributed by atoms with van der Waals surface area (Å²) in [7, 11) is 0. The molecular weight excluding hydrogens is 290 g/mol. The number of nitrogens with two attached hydrogens (primary N) is 1. The molecule has 2 heterocycles. The van der Waals surface area contributed by atoms with Gasteiger partial charge in [-0.25, -0.2) is 4.98 Å². The van der Waals surface area contributed by atoms with E-state index < -0.39 is 0 Å². The summed E-state index contributed by atoms with van der Waals surface area (Å²) in [5, 5.41) is 0.887. The van der Waals surface area contributed by atoms with Crippen molar-refractivity contribution in [3.8, 4) is 11.3 Å². The predicted octanol–water partition coefficient (Wildman–Crippen LogP) is 3.64. The van der Waals surface area contributed by atoms with Gasteiger partial charge < -0.3 is 5.73 Å². The van der Waals surface area contributed by atoms with Crippen molar-refractivity contribution in [2.24, 2.45) is 0 Å². The quantitative estimate of drug-likeness (QED) is 0.746. The van der Waals surface area contributed by atoms with Crippen molar-refractivity contribution in [2.75, 3.05) is 5.73 Å². The summed E-state index contributed by atoms with van der Waals surface area (Å²) in [6.45, 7) is 0. The summed E-state index contributed by atoms with van der Waals surface area (Å²) in [6, 6.07) is 13.7. The van der Waals surface area contributed by atoms with E-state index in [-0.39, 0.29) is 0 Å². The first-order valence-electron chi connectivity index (χ1n) is 5.51. The number of nitrogens with zero attached hydrogens (tertiary/aromatic N) is 2. The van der Waals surface area contributed by atoms with Gasteiger partial charge in [-0.05, 0) is 30.3 Å². The topological polar surface area (TPSA) is 51.8 Å². The molecule has 0 aliphatic heterocycles. The maximum Gasteiger partial charge on any atom is 0.133 e. The van der Waals surface area contributed by atoms with E-state index in [9.17, 15) is 0 Å². The molecule has 2 N–H and O–H groups in total. The lowest BCUT2D eigenvalue weighted by molar-refractivity contribution is 1.33. The Morgan fingerprint density at radius 2 is 1.83 bits per heavy atom. The fourth-order valence-electron chi connectivity index (χ4n) is 1.87. The number of anilines is 1. The molecule has 0 aliphatic carbocycles. The lowest BCUT2D eigenvalue weighted by Gasteiger charge is -2.05. The lowest BCUT2D eigenvalue weighted by atomic mass is 10.1. The van der Waals surface area contributed by atoms with E-state index in [0.29, 0.717) is 5.82 Å². The van der Waals surface area contributed by atoms with E-state index >= 15 is 0 Å². The Labute approximate surface area is 113 Å². The molecule has 3 nitrogen and oxygen atoms in total. The summed E-state index contributed by atoms with van der Waals surface area (Å²) in [6.07, 6.45) is 1.76. The molecular formula is C14H10BrN3. The average Bonchev–Trinajstić information content (AvgIpc) is 2.39. The number of benzene rings is 1. The van der Waals surface area contributed by atoms with Gasteiger partial charge in [0.05, 0.1) is 11.2 Å². The minimum absolute atomic E-state index is 0.513. The minimum Gasteiger partial charge on any atom is -0.383 e. The zero-order valence-electron chi connectivity index (χ0n) is 9.47. The highest BCUT2D eigenvalue weighted by Crippen LogP contribution is 2.25. The van der Waals surface area contributed by atoms with Crippen LogP contribution in [-0.2, 0) is 0 Å². The highest BCUT2D eigenvalue weighted by molar-refractivity contribution is 9.10. The van der Waals surface area contributed by atoms with Gasteiger partial charge in [0, 0.05) is 21.6 Å². The van der Waals surface area contributed by atoms with Gasteiger partial charge in [-0.1, -0.05) is 28.1 Å². The monoisotopic (exact) mass is 299 g/mol. The fraction of sp³-hybridized carbons (Fsp3) is 0. The molecule has 0 amide bonds. The molecule has 0 saturated carbocycles. The number of hydrogen-bond acceptors (Lipinski definition) is 3. The minimum atomic E-state index is 0.513. The Balaban J connectivity index is 2.21. The van der Waals surface area contributed by atoms with Gasteiger partial charge in [0.15, 0.2) is 0 Å². The molecule has 0 spiro atoms. The molecule has 3 rings (SSSR count). The van der Waals surface area contributed by atoms with Crippen LogP contribution in [0.2, 0.25) is 0 Å². The smallest absolute Gasteiger partial charge is 0.133 e. The Kier molecular flexibility index (Phi) is 2.72. The number of aromatic nitrogens is 2. The molecule has 0 saturated heterocycles. The number of pyridine rings is 2. The zero-order valence-corrected chi connectivity index (χ0v) is 11.1. The van der Waals surface area contributed by atoms with E-state index in [2.05, 4.69) is 25.9 Å². The summed E-state index contributed by atoms with van der Waals surface area (Å²) < 4.78 is 1.04. The third-order valence-corrected chi connectivity index (χ3v) is 3.30. The Bertz CT molecular complexity index is 708. The summed E-state index contributed by atoms with van der Waals surface area (Å²) in [4.78, 5) is 8.74. The summed E-state index contributed by atoms with van der Waals surface area (Å²) >= 11 is 3.41. The average molecular weight is 300 g/mol. The number of fused-ring (bicyclic) bond motifs is 1. The molecule has 0 bridgehead atoms. The van der Waals surface area contributed by atoms with Crippen molar-refractivity contribution >= 4 is 32.7 Å². The van der Waals surface area contributed by atoms with Crippen LogP contribution >= 0.6 is 15.9 Å². The first-order valence-corrected chi connectivity index (χ1v) is 6.30. The predicted molar refractivity (Wildman–Crippen MR) is 77.1 cm³/mol. The van der Waals surface area contributed by atoms with E-state index in [1.807, 2.05) is 42.5 Å². The molecule has 1 aromatic carbocycles. The van der Waals surface area contributed by atoms with Crippen LogP contribution in [0.5, 0.6) is 0 Å². The van der Waals surface area contributed by atoms with Crippen molar-refractivity contribution < 1.29 is 0 Å². The third kappa shape index (κ3) is 1.95. The first kappa shape index (κ1) is 11.2. The van der Waals surface area contributed by atoms with Crippen LogP contribution in [0.15, 0.2) is 53.1 Å². The van der Waals surface area contributed by atoms with Gasteiger partial charge in [0.25, 0.3) is 0 Å². The second kappa shape index (κ2) is 4.38. The Morgan fingerprint density at radius 1 is 1.06 bits per heavy atom. The van der Waals surface area contributed by atoms with Crippen molar-refractivity contribution in [3.05, 3.63) is 53.1 Å². The normalized spacial score (nSPS) is 10.7. The molecule has 0 fully saturated rings. The zero-order chi connectivity index (χ0) is 12.5. The third-order valence-electron chi connectivity index (χ3n) is 2.77. The molecule has 4 heteroatoms. The molecule has 0 unspecified atom stereocenters. The van der Waals surface area contributed by atoms with Crippen LogP contribution in [0, 0.1) is 0 Å². The SMILES string of the molecule is Nc1nc(-c2ccc(Br)cc2)cc2ncccc12. The van der Waals surface area contributed by atoms with Crippen molar-refractivity contribution in [3.63, 3.8) is 0 Å². The molecule has 18 heavy (non-hydrogen) atoms. The van der Waals surface area contributed by atoms with Crippen LogP contribution in [0.1, 0.15) is 0 Å². The Morgan fingerprint density at radius 3 is 2.61 bits per heavy atom. The number of rotatable bonds is 1. The highest BCUT2D eigenvalue weighted by Gasteiger charge is 2.05. The number of hydrogen-bond donors (Lipinski definition) is 1. The van der Waals surface area contributed by atoms with Gasteiger partial charge in [0.2, 0.25) is 0 Å². The van der Waals surface area contributed by atoms with Crippen LogP contribution in [0.25, 0.3) is 22.2 Å². The molecule has 0 atom stereocenters. The van der Waals surface area contributed by atoms with E-state index in [4.69, 9.17) is 5.73 Å². The maximum atomic E-state index is 5.96. The summed E-state index contributed by atoms with van der Waals surface area (Å²) in [5.41, 5.74) is 8.69. The van der Waals surface area contributed by atoms with Gasteiger partial charge in [-0.3, -0.25) is 4.98 Å².